The number of ether oxygens (including phenoxy) is 1. The van der Waals surface area contributed by atoms with Crippen molar-refractivity contribution in [1.29, 1.82) is 0 Å². The molecule has 0 spiro atoms. The van der Waals surface area contributed by atoms with Gasteiger partial charge in [0.2, 0.25) is 0 Å². The number of nitrogens with one attached hydrogen (secondary N) is 2. The number of carbonyl (C=O) groups is 2. The van der Waals surface area contributed by atoms with Gasteiger partial charge in [-0.05, 0) is 24.5 Å². The Labute approximate surface area is 139 Å². The van der Waals surface area contributed by atoms with Crippen LogP contribution in [0.4, 0.5) is 0 Å². The number of benzene rings is 1. The highest BCUT2D eigenvalue weighted by Crippen LogP contribution is 2.17. The van der Waals surface area contributed by atoms with Gasteiger partial charge in [-0.25, -0.2) is 4.79 Å². The first kappa shape index (κ1) is 17.1. The molecule has 1 heterocycles. The summed E-state index contributed by atoms with van der Waals surface area (Å²) >= 11 is 1.60. The summed E-state index contributed by atoms with van der Waals surface area (Å²) in [5.74, 6) is -0.0791. The number of aromatic amines is 1. The number of aromatic nitrogens is 2. The highest BCUT2D eigenvalue weighted by atomic mass is 32.2. The van der Waals surface area contributed by atoms with Crippen LogP contribution in [0.2, 0.25) is 0 Å². The summed E-state index contributed by atoms with van der Waals surface area (Å²) in [5, 5.41) is 9.52. The van der Waals surface area contributed by atoms with Crippen molar-refractivity contribution < 1.29 is 14.3 Å². The first-order valence-corrected chi connectivity index (χ1v) is 8.53. The van der Waals surface area contributed by atoms with Crippen LogP contribution in [0.5, 0.6) is 0 Å². The summed E-state index contributed by atoms with van der Waals surface area (Å²) in [4.78, 5) is 24.0. The quantitative estimate of drug-likeness (QED) is 0.758. The van der Waals surface area contributed by atoms with E-state index in [2.05, 4.69) is 15.5 Å². The van der Waals surface area contributed by atoms with Gasteiger partial charge < -0.3 is 10.1 Å². The van der Waals surface area contributed by atoms with Gasteiger partial charge >= 0.3 is 5.97 Å². The van der Waals surface area contributed by atoms with Gasteiger partial charge in [0.05, 0.1) is 12.8 Å². The molecule has 0 aliphatic rings. The smallest absolute Gasteiger partial charge is 0.328 e. The van der Waals surface area contributed by atoms with Crippen molar-refractivity contribution in [2.75, 3.05) is 19.1 Å². The van der Waals surface area contributed by atoms with Crippen LogP contribution < -0.4 is 5.32 Å². The third kappa shape index (κ3) is 4.59. The number of hydrogen-bond donors (Lipinski definition) is 2. The zero-order valence-corrected chi connectivity index (χ0v) is 13.9. The van der Waals surface area contributed by atoms with Crippen molar-refractivity contribution in [2.24, 2.45) is 0 Å². The third-order valence-corrected chi connectivity index (χ3v) is 3.94. The molecule has 0 unspecified atom stereocenters. The normalized spacial score (nSPS) is 11.7. The lowest BCUT2D eigenvalue weighted by Crippen LogP contribution is -2.42. The molecule has 1 amide bonds. The van der Waals surface area contributed by atoms with E-state index >= 15 is 0 Å². The number of carbonyl (C=O) groups excluding carboxylic acids is 2. The maximum absolute atomic E-state index is 12.3. The van der Waals surface area contributed by atoms with E-state index in [0.717, 1.165) is 11.3 Å². The summed E-state index contributed by atoms with van der Waals surface area (Å²) in [6.45, 7) is 0. The maximum atomic E-state index is 12.3. The lowest BCUT2D eigenvalue weighted by Gasteiger charge is -2.15. The Bertz CT molecular complexity index is 658. The predicted octanol–water partition coefficient (Wildman–Crippen LogP) is 2.10. The molecule has 0 saturated carbocycles. The van der Waals surface area contributed by atoms with Crippen molar-refractivity contribution in [1.82, 2.24) is 15.5 Å². The van der Waals surface area contributed by atoms with Gasteiger partial charge in [0.1, 0.15) is 11.7 Å². The van der Waals surface area contributed by atoms with Crippen LogP contribution in [0.1, 0.15) is 16.9 Å². The number of methoxy groups -OCH3 is 1. The Kier molecular flexibility index (Phi) is 6.22. The number of thioether (sulfide) groups is 1. The van der Waals surface area contributed by atoms with Crippen LogP contribution in [-0.4, -0.2) is 47.2 Å². The molecular weight excluding hydrogens is 314 g/mol. The molecule has 0 bridgehead atoms. The van der Waals surface area contributed by atoms with E-state index in [1.54, 1.807) is 17.8 Å². The van der Waals surface area contributed by atoms with E-state index in [1.807, 2.05) is 36.6 Å². The van der Waals surface area contributed by atoms with E-state index in [1.165, 1.54) is 7.11 Å². The number of amides is 1. The average molecular weight is 333 g/mol. The third-order valence-electron chi connectivity index (χ3n) is 3.29. The molecule has 2 N–H and O–H groups in total. The first-order valence-electron chi connectivity index (χ1n) is 7.14. The fourth-order valence-corrected chi connectivity index (χ4v) is 2.53. The van der Waals surface area contributed by atoms with Crippen LogP contribution in [0.25, 0.3) is 11.3 Å². The molecule has 2 rings (SSSR count). The summed E-state index contributed by atoms with van der Waals surface area (Å²) in [6.07, 6.45) is 2.45. The lowest BCUT2D eigenvalue weighted by molar-refractivity contribution is -0.142. The molecule has 6 nitrogen and oxygen atoms in total. The SMILES string of the molecule is COC(=O)[C@H](CCSC)NC(=O)c1cc(-c2ccccc2)n[nH]1. The van der Waals surface area contributed by atoms with Gasteiger partial charge in [-0.1, -0.05) is 30.3 Å². The molecule has 23 heavy (non-hydrogen) atoms. The van der Waals surface area contributed by atoms with Crippen molar-refractivity contribution in [3.63, 3.8) is 0 Å². The second kappa shape index (κ2) is 8.38. The Morgan fingerprint density at radius 1 is 1.35 bits per heavy atom. The molecule has 7 heteroatoms. The minimum absolute atomic E-state index is 0.307. The molecule has 1 aromatic carbocycles. The fourth-order valence-electron chi connectivity index (χ4n) is 2.06. The standard InChI is InChI=1S/C16H19N3O3S/c1-22-16(21)12(8-9-23-2)17-15(20)14-10-13(18-19-14)11-6-4-3-5-7-11/h3-7,10,12H,8-9H2,1-2H3,(H,17,20)(H,18,19)/t12-/m0/s1. The zero-order valence-electron chi connectivity index (χ0n) is 13.0. The number of H-pyrrole nitrogens is 1. The summed E-state index contributed by atoms with van der Waals surface area (Å²) in [5.41, 5.74) is 1.89. The van der Waals surface area contributed by atoms with E-state index in [-0.39, 0.29) is 5.91 Å². The second-order valence-electron chi connectivity index (χ2n) is 4.86. The Morgan fingerprint density at radius 2 is 2.09 bits per heavy atom. The largest absolute Gasteiger partial charge is 0.467 e. The average Bonchev–Trinajstić information content (AvgIpc) is 3.08. The fraction of sp³-hybridized carbons (Fsp3) is 0.312. The van der Waals surface area contributed by atoms with Crippen LogP contribution in [0, 0.1) is 0 Å². The highest BCUT2D eigenvalue weighted by Gasteiger charge is 2.22. The molecule has 1 aromatic heterocycles. The van der Waals surface area contributed by atoms with Gasteiger partial charge in [-0.15, -0.1) is 0 Å². The Morgan fingerprint density at radius 3 is 2.74 bits per heavy atom. The van der Waals surface area contributed by atoms with Crippen LogP contribution in [0.3, 0.4) is 0 Å². The Balaban J connectivity index is 2.07. The van der Waals surface area contributed by atoms with Crippen molar-refractivity contribution in [3.05, 3.63) is 42.1 Å². The highest BCUT2D eigenvalue weighted by molar-refractivity contribution is 7.98. The van der Waals surface area contributed by atoms with Gasteiger partial charge in [-0.2, -0.15) is 16.9 Å². The van der Waals surface area contributed by atoms with E-state index in [9.17, 15) is 9.59 Å². The second-order valence-corrected chi connectivity index (χ2v) is 5.85. The van der Waals surface area contributed by atoms with Gasteiger partial charge in [0.25, 0.3) is 5.91 Å². The summed E-state index contributed by atoms with van der Waals surface area (Å²) in [6, 6.07) is 10.5. The molecule has 2 aromatic rings. The summed E-state index contributed by atoms with van der Waals surface area (Å²) < 4.78 is 4.73. The Hall–Kier alpha value is -2.28. The minimum atomic E-state index is -0.663. The van der Waals surface area contributed by atoms with Gasteiger partial charge in [0.15, 0.2) is 0 Å². The molecule has 1 atom stereocenters. The van der Waals surface area contributed by atoms with Crippen molar-refractivity contribution >= 4 is 23.6 Å². The number of esters is 1. The lowest BCUT2D eigenvalue weighted by atomic mass is 10.1. The van der Waals surface area contributed by atoms with E-state index in [0.29, 0.717) is 17.8 Å². The molecule has 0 fully saturated rings. The number of rotatable bonds is 7. The van der Waals surface area contributed by atoms with Crippen molar-refractivity contribution in [2.45, 2.75) is 12.5 Å². The maximum Gasteiger partial charge on any atom is 0.328 e. The first-order chi connectivity index (χ1) is 11.2. The van der Waals surface area contributed by atoms with Gasteiger partial charge in [-0.3, -0.25) is 9.89 Å². The van der Waals surface area contributed by atoms with Crippen LogP contribution in [0.15, 0.2) is 36.4 Å². The van der Waals surface area contributed by atoms with E-state index < -0.39 is 12.0 Å². The summed E-state index contributed by atoms with van der Waals surface area (Å²) in [7, 11) is 1.31. The monoisotopic (exact) mass is 333 g/mol. The molecule has 122 valence electrons. The van der Waals surface area contributed by atoms with Crippen LogP contribution >= 0.6 is 11.8 Å². The number of hydrogen-bond acceptors (Lipinski definition) is 5. The molecule has 0 radical (unpaired) electrons. The zero-order chi connectivity index (χ0) is 16.7. The molecule has 0 aliphatic carbocycles. The van der Waals surface area contributed by atoms with Crippen LogP contribution in [-0.2, 0) is 9.53 Å². The molecular formula is C16H19N3O3S. The number of nitrogens with zero attached hydrogens (tertiary/aromatic N) is 1. The predicted molar refractivity (Wildman–Crippen MR) is 90.3 cm³/mol. The van der Waals surface area contributed by atoms with Crippen molar-refractivity contribution in [3.8, 4) is 11.3 Å². The topological polar surface area (TPSA) is 84.1 Å². The van der Waals surface area contributed by atoms with Gasteiger partial charge in [0, 0.05) is 5.56 Å². The molecule has 0 saturated heterocycles. The minimum Gasteiger partial charge on any atom is -0.467 e. The molecule has 0 aliphatic heterocycles. The van der Waals surface area contributed by atoms with E-state index in [4.69, 9.17) is 4.74 Å².